The maximum absolute atomic E-state index is 5.74. The lowest BCUT2D eigenvalue weighted by Gasteiger charge is -2.12. The highest BCUT2D eigenvalue weighted by Gasteiger charge is 2.10. The lowest BCUT2D eigenvalue weighted by atomic mass is 10.2. The minimum absolute atomic E-state index is 0.266. The third-order valence-corrected chi connectivity index (χ3v) is 2.56. The summed E-state index contributed by atoms with van der Waals surface area (Å²) >= 11 is 4.97. The van der Waals surface area contributed by atoms with Crippen LogP contribution in [0.3, 0.4) is 0 Å². The summed E-state index contributed by atoms with van der Waals surface area (Å²) in [4.78, 5) is 4.26. The fraction of sp³-hybridized carbons (Fsp3) is 0.0769. The summed E-state index contributed by atoms with van der Waals surface area (Å²) in [5.41, 5.74) is 6.28. The molecular formula is C13H12N2O2S. The predicted octanol–water partition coefficient (Wildman–Crippen LogP) is 2.52. The van der Waals surface area contributed by atoms with E-state index >= 15 is 0 Å². The quantitative estimate of drug-likeness (QED) is 0.856. The fourth-order valence-corrected chi connectivity index (χ4v) is 1.66. The van der Waals surface area contributed by atoms with Gasteiger partial charge in [0.15, 0.2) is 17.2 Å². The van der Waals surface area contributed by atoms with E-state index in [-0.39, 0.29) is 4.99 Å². The van der Waals surface area contributed by atoms with Gasteiger partial charge in [0.1, 0.15) is 4.99 Å². The van der Waals surface area contributed by atoms with Crippen LogP contribution in [0.1, 0.15) is 5.56 Å². The van der Waals surface area contributed by atoms with Crippen molar-refractivity contribution < 1.29 is 9.47 Å². The van der Waals surface area contributed by atoms with Crippen molar-refractivity contribution in [3.8, 4) is 17.2 Å². The highest BCUT2D eigenvalue weighted by Crippen LogP contribution is 2.32. The van der Waals surface area contributed by atoms with Crippen LogP contribution >= 0.6 is 12.2 Å². The van der Waals surface area contributed by atoms with Crippen LogP contribution in [0.5, 0.6) is 17.2 Å². The van der Waals surface area contributed by atoms with Crippen LogP contribution in [-0.2, 0) is 0 Å². The zero-order valence-corrected chi connectivity index (χ0v) is 10.6. The Hall–Kier alpha value is -2.14. The molecule has 1 heterocycles. The molecule has 2 aromatic rings. The first-order valence-corrected chi connectivity index (χ1v) is 5.68. The Kier molecular flexibility index (Phi) is 3.74. The molecule has 4 nitrogen and oxygen atoms in total. The number of aromatic nitrogens is 1. The van der Waals surface area contributed by atoms with Gasteiger partial charge in [0.05, 0.1) is 18.9 Å². The summed E-state index contributed by atoms with van der Waals surface area (Å²) in [6.45, 7) is 0. The first kappa shape index (κ1) is 12.3. The van der Waals surface area contributed by atoms with Gasteiger partial charge in [-0.05, 0) is 18.2 Å². The van der Waals surface area contributed by atoms with Gasteiger partial charge < -0.3 is 15.2 Å². The maximum Gasteiger partial charge on any atom is 0.169 e. The maximum atomic E-state index is 5.74. The van der Waals surface area contributed by atoms with E-state index in [9.17, 15) is 0 Å². The van der Waals surface area contributed by atoms with E-state index in [0.717, 1.165) is 0 Å². The zero-order valence-electron chi connectivity index (χ0n) is 9.79. The van der Waals surface area contributed by atoms with E-state index in [1.807, 2.05) is 18.2 Å². The van der Waals surface area contributed by atoms with Crippen molar-refractivity contribution in [2.45, 2.75) is 0 Å². The Bertz CT molecular complexity index is 572. The second-order valence-electron chi connectivity index (χ2n) is 3.49. The van der Waals surface area contributed by atoms with E-state index in [2.05, 4.69) is 4.98 Å². The molecular weight excluding hydrogens is 248 g/mol. The second kappa shape index (κ2) is 5.46. The highest BCUT2D eigenvalue weighted by molar-refractivity contribution is 7.80. The first-order valence-electron chi connectivity index (χ1n) is 5.27. The number of methoxy groups -OCH3 is 1. The fourth-order valence-electron chi connectivity index (χ4n) is 1.49. The molecule has 2 N–H and O–H groups in total. The van der Waals surface area contributed by atoms with Crippen LogP contribution in [0.4, 0.5) is 0 Å². The van der Waals surface area contributed by atoms with Crippen molar-refractivity contribution >= 4 is 17.2 Å². The zero-order chi connectivity index (χ0) is 13.0. The van der Waals surface area contributed by atoms with Gasteiger partial charge in [-0.3, -0.25) is 4.98 Å². The number of rotatable bonds is 4. The lowest BCUT2D eigenvalue weighted by Crippen LogP contribution is -2.10. The largest absolute Gasteiger partial charge is 0.493 e. The lowest BCUT2D eigenvalue weighted by molar-refractivity contribution is 0.378. The van der Waals surface area contributed by atoms with Crippen molar-refractivity contribution in [1.29, 1.82) is 0 Å². The standard InChI is InChI=1S/C13H12N2O2S/c1-16-10-4-2-3-5-11(10)17-12-8-15-7-6-9(12)13(14)18/h2-8H,1H3,(H2,14,18). The minimum Gasteiger partial charge on any atom is -0.493 e. The number of nitrogens with zero attached hydrogens (tertiary/aromatic N) is 1. The average molecular weight is 260 g/mol. The molecule has 0 saturated carbocycles. The Balaban J connectivity index is 2.37. The van der Waals surface area contributed by atoms with E-state index < -0.39 is 0 Å². The van der Waals surface area contributed by atoms with Crippen molar-refractivity contribution in [2.24, 2.45) is 5.73 Å². The molecule has 5 heteroatoms. The molecule has 0 atom stereocenters. The Morgan fingerprint density at radius 1 is 1.17 bits per heavy atom. The van der Waals surface area contributed by atoms with E-state index in [1.54, 1.807) is 31.6 Å². The summed E-state index contributed by atoms with van der Waals surface area (Å²) in [6, 6.07) is 9.05. The SMILES string of the molecule is COc1ccccc1Oc1cnccc1C(N)=S. The summed E-state index contributed by atoms with van der Waals surface area (Å²) in [7, 11) is 1.58. The van der Waals surface area contributed by atoms with Crippen molar-refractivity contribution in [2.75, 3.05) is 7.11 Å². The molecule has 0 radical (unpaired) electrons. The summed E-state index contributed by atoms with van der Waals surface area (Å²) < 4.78 is 10.9. The monoisotopic (exact) mass is 260 g/mol. The topological polar surface area (TPSA) is 57.4 Å². The molecule has 0 aliphatic carbocycles. The molecule has 0 unspecified atom stereocenters. The van der Waals surface area contributed by atoms with Gasteiger partial charge in [-0.15, -0.1) is 0 Å². The molecule has 0 fully saturated rings. The molecule has 1 aromatic heterocycles. The van der Waals surface area contributed by atoms with Crippen LogP contribution in [0.2, 0.25) is 0 Å². The molecule has 0 saturated heterocycles. The Morgan fingerprint density at radius 3 is 2.56 bits per heavy atom. The number of benzene rings is 1. The van der Waals surface area contributed by atoms with Gasteiger partial charge in [-0.1, -0.05) is 24.4 Å². The molecule has 0 aliphatic heterocycles. The van der Waals surface area contributed by atoms with Crippen LogP contribution in [0.25, 0.3) is 0 Å². The average Bonchev–Trinajstić information content (AvgIpc) is 2.40. The third-order valence-electron chi connectivity index (χ3n) is 2.34. The number of hydrogen-bond donors (Lipinski definition) is 1. The first-order chi connectivity index (χ1) is 8.72. The summed E-state index contributed by atoms with van der Waals surface area (Å²) in [5, 5.41) is 0. The smallest absolute Gasteiger partial charge is 0.169 e. The predicted molar refractivity (Wildman–Crippen MR) is 73.2 cm³/mol. The highest BCUT2D eigenvalue weighted by atomic mass is 32.1. The number of thiocarbonyl (C=S) groups is 1. The van der Waals surface area contributed by atoms with Crippen LogP contribution < -0.4 is 15.2 Å². The molecule has 1 aromatic carbocycles. The van der Waals surface area contributed by atoms with Gasteiger partial charge >= 0.3 is 0 Å². The van der Waals surface area contributed by atoms with Gasteiger partial charge in [0, 0.05) is 6.20 Å². The Morgan fingerprint density at radius 2 is 1.89 bits per heavy atom. The van der Waals surface area contributed by atoms with Crippen molar-refractivity contribution in [1.82, 2.24) is 4.98 Å². The van der Waals surface area contributed by atoms with Crippen LogP contribution in [0, 0.1) is 0 Å². The second-order valence-corrected chi connectivity index (χ2v) is 3.93. The summed E-state index contributed by atoms with van der Waals surface area (Å²) in [6.07, 6.45) is 3.19. The van der Waals surface area contributed by atoms with Gasteiger partial charge in [-0.2, -0.15) is 0 Å². The molecule has 18 heavy (non-hydrogen) atoms. The number of hydrogen-bond acceptors (Lipinski definition) is 4. The molecule has 0 aliphatic rings. The van der Waals surface area contributed by atoms with Crippen LogP contribution in [0.15, 0.2) is 42.7 Å². The van der Waals surface area contributed by atoms with E-state index in [4.69, 9.17) is 27.4 Å². The van der Waals surface area contributed by atoms with Crippen LogP contribution in [-0.4, -0.2) is 17.1 Å². The molecule has 0 amide bonds. The summed E-state index contributed by atoms with van der Waals surface area (Å²) in [5.74, 6) is 1.73. The van der Waals surface area contributed by atoms with Gasteiger partial charge in [0.25, 0.3) is 0 Å². The van der Waals surface area contributed by atoms with Crippen molar-refractivity contribution in [3.05, 3.63) is 48.3 Å². The third kappa shape index (κ3) is 2.57. The van der Waals surface area contributed by atoms with E-state index in [1.165, 1.54) is 0 Å². The normalized spacial score (nSPS) is 9.83. The minimum atomic E-state index is 0.266. The van der Waals surface area contributed by atoms with E-state index in [0.29, 0.717) is 22.8 Å². The van der Waals surface area contributed by atoms with Crippen molar-refractivity contribution in [3.63, 3.8) is 0 Å². The molecule has 2 rings (SSSR count). The molecule has 0 spiro atoms. The van der Waals surface area contributed by atoms with Gasteiger partial charge in [-0.25, -0.2) is 0 Å². The number of ether oxygens (including phenoxy) is 2. The number of nitrogens with two attached hydrogens (primary N) is 1. The van der Waals surface area contributed by atoms with Gasteiger partial charge in [0.2, 0.25) is 0 Å². The number of para-hydroxylation sites is 2. The molecule has 0 bridgehead atoms. The molecule has 92 valence electrons. The Labute approximate surface area is 110 Å². The number of pyridine rings is 1.